The van der Waals surface area contributed by atoms with Crippen LogP contribution in [-0.4, -0.2) is 29.7 Å². The number of anilines is 1. The summed E-state index contributed by atoms with van der Waals surface area (Å²) in [6, 6.07) is 2.63. The fourth-order valence-electron chi connectivity index (χ4n) is 2.81. The van der Waals surface area contributed by atoms with Gasteiger partial charge in [-0.3, -0.25) is 4.98 Å². The third kappa shape index (κ3) is 2.37. The summed E-state index contributed by atoms with van der Waals surface area (Å²) in [5.41, 5.74) is 2.87. The Morgan fingerprint density at radius 2 is 2.17 bits per heavy atom. The Labute approximate surface area is 111 Å². The molecule has 100 valence electrons. The summed E-state index contributed by atoms with van der Waals surface area (Å²) in [6.07, 6.45) is 6.23. The number of hydrogen-bond acceptors (Lipinski definition) is 3. The molecule has 18 heavy (non-hydrogen) atoms. The van der Waals surface area contributed by atoms with E-state index in [4.69, 9.17) is 0 Å². The molecule has 1 N–H and O–H groups in total. The van der Waals surface area contributed by atoms with E-state index in [2.05, 4.69) is 49.0 Å². The Hall–Kier alpha value is -1.09. The molecular weight excluding hydrogens is 222 g/mol. The van der Waals surface area contributed by atoms with Gasteiger partial charge in [0.05, 0.1) is 11.9 Å². The van der Waals surface area contributed by atoms with Gasteiger partial charge in [-0.2, -0.15) is 0 Å². The first-order chi connectivity index (χ1) is 8.62. The van der Waals surface area contributed by atoms with Crippen LogP contribution in [0.25, 0.3) is 0 Å². The van der Waals surface area contributed by atoms with Crippen LogP contribution in [0, 0.1) is 6.92 Å². The molecule has 1 unspecified atom stereocenters. The molecule has 3 heteroatoms. The summed E-state index contributed by atoms with van der Waals surface area (Å²) in [6.45, 7) is 11.1. The van der Waals surface area contributed by atoms with Crippen molar-refractivity contribution < 1.29 is 0 Å². The number of hydrogen-bond donors (Lipinski definition) is 1. The van der Waals surface area contributed by atoms with Crippen molar-refractivity contribution in [2.24, 2.45) is 0 Å². The molecule has 2 heterocycles. The minimum atomic E-state index is 0.259. The highest BCUT2D eigenvalue weighted by Crippen LogP contribution is 2.28. The van der Waals surface area contributed by atoms with Gasteiger partial charge in [-0.05, 0) is 38.3 Å². The largest absolute Gasteiger partial charge is 0.364 e. The summed E-state index contributed by atoms with van der Waals surface area (Å²) in [4.78, 5) is 6.81. The van der Waals surface area contributed by atoms with E-state index < -0.39 is 0 Å². The lowest BCUT2D eigenvalue weighted by Crippen LogP contribution is -2.63. The second-order valence-corrected chi connectivity index (χ2v) is 5.51. The molecule has 0 saturated carbocycles. The molecule has 0 aromatic carbocycles. The zero-order valence-corrected chi connectivity index (χ0v) is 12.0. The van der Waals surface area contributed by atoms with Crippen LogP contribution in [0.3, 0.4) is 0 Å². The number of nitrogens with one attached hydrogen (secondary N) is 1. The smallest absolute Gasteiger partial charge is 0.0585 e. The minimum Gasteiger partial charge on any atom is -0.364 e. The molecule has 0 amide bonds. The summed E-state index contributed by atoms with van der Waals surface area (Å²) in [5, 5.41) is 3.74. The molecule has 0 spiro atoms. The second-order valence-electron chi connectivity index (χ2n) is 5.51. The van der Waals surface area contributed by atoms with Gasteiger partial charge in [0.25, 0.3) is 0 Å². The Morgan fingerprint density at radius 3 is 2.78 bits per heavy atom. The maximum Gasteiger partial charge on any atom is 0.0585 e. The summed E-state index contributed by atoms with van der Waals surface area (Å²) in [5.74, 6) is 0. The van der Waals surface area contributed by atoms with Crippen molar-refractivity contribution in [3.8, 4) is 0 Å². The molecule has 1 aliphatic rings. The number of aromatic nitrogens is 1. The van der Waals surface area contributed by atoms with E-state index in [1.54, 1.807) is 0 Å². The predicted molar refractivity (Wildman–Crippen MR) is 77.1 cm³/mol. The molecule has 1 atom stereocenters. The van der Waals surface area contributed by atoms with E-state index in [0.29, 0.717) is 6.04 Å². The van der Waals surface area contributed by atoms with Crippen LogP contribution in [0.5, 0.6) is 0 Å². The first kappa shape index (κ1) is 13.3. The average Bonchev–Trinajstić information content (AvgIpc) is 2.41. The summed E-state index contributed by atoms with van der Waals surface area (Å²) in [7, 11) is 0. The topological polar surface area (TPSA) is 28.2 Å². The average molecular weight is 247 g/mol. The standard InChI is InChI=1S/C15H25N3/c1-5-15(6-2)11-18(13(4)9-17-15)14-10-16-8-7-12(14)3/h7-8,10,13,17H,5-6,9,11H2,1-4H3. The van der Waals surface area contributed by atoms with Gasteiger partial charge >= 0.3 is 0 Å². The molecule has 0 radical (unpaired) electrons. The van der Waals surface area contributed by atoms with Crippen molar-refractivity contribution in [3.63, 3.8) is 0 Å². The van der Waals surface area contributed by atoms with Crippen LogP contribution in [0.4, 0.5) is 5.69 Å². The molecule has 3 nitrogen and oxygen atoms in total. The highest BCUT2D eigenvalue weighted by atomic mass is 15.3. The second kappa shape index (κ2) is 5.27. The number of nitrogens with zero attached hydrogens (tertiary/aromatic N) is 2. The first-order valence-electron chi connectivity index (χ1n) is 7.04. The Morgan fingerprint density at radius 1 is 1.44 bits per heavy atom. The SMILES string of the molecule is CCC1(CC)CN(c2cnccc2C)C(C)CN1. The van der Waals surface area contributed by atoms with Gasteiger partial charge in [-0.1, -0.05) is 13.8 Å². The fraction of sp³-hybridized carbons (Fsp3) is 0.667. The minimum absolute atomic E-state index is 0.259. The normalized spacial score (nSPS) is 23.1. The molecular formula is C15H25N3. The van der Waals surface area contributed by atoms with Crippen LogP contribution in [0.15, 0.2) is 18.5 Å². The highest BCUT2D eigenvalue weighted by molar-refractivity contribution is 5.52. The Kier molecular flexibility index (Phi) is 3.91. The van der Waals surface area contributed by atoms with Gasteiger partial charge < -0.3 is 10.2 Å². The maximum atomic E-state index is 4.29. The Bertz CT molecular complexity index is 398. The van der Waals surface area contributed by atoms with Gasteiger partial charge in [0.15, 0.2) is 0 Å². The van der Waals surface area contributed by atoms with E-state index in [-0.39, 0.29) is 5.54 Å². The molecule has 1 aromatic heterocycles. The zero-order valence-electron chi connectivity index (χ0n) is 12.0. The molecule has 1 fully saturated rings. The molecule has 2 rings (SSSR count). The number of pyridine rings is 1. The predicted octanol–water partition coefficient (Wildman–Crippen LogP) is 2.75. The lowest BCUT2D eigenvalue weighted by molar-refractivity contribution is 0.253. The van der Waals surface area contributed by atoms with E-state index in [9.17, 15) is 0 Å². The molecule has 1 saturated heterocycles. The van der Waals surface area contributed by atoms with E-state index in [1.807, 2.05) is 12.4 Å². The van der Waals surface area contributed by atoms with Crippen molar-refractivity contribution >= 4 is 5.69 Å². The fourth-order valence-corrected chi connectivity index (χ4v) is 2.81. The van der Waals surface area contributed by atoms with Crippen LogP contribution in [0.1, 0.15) is 39.2 Å². The first-order valence-corrected chi connectivity index (χ1v) is 7.04. The highest BCUT2D eigenvalue weighted by Gasteiger charge is 2.35. The van der Waals surface area contributed by atoms with Crippen LogP contribution < -0.4 is 10.2 Å². The van der Waals surface area contributed by atoms with Crippen molar-refractivity contribution in [1.82, 2.24) is 10.3 Å². The molecule has 0 bridgehead atoms. The van der Waals surface area contributed by atoms with Gasteiger partial charge in [-0.15, -0.1) is 0 Å². The summed E-state index contributed by atoms with van der Waals surface area (Å²) >= 11 is 0. The monoisotopic (exact) mass is 247 g/mol. The van der Waals surface area contributed by atoms with Crippen LogP contribution >= 0.6 is 0 Å². The molecule has 0 aliphatic carbocycles. The van der Waals surface area contributed by atoms with E-state index >= 15 is 0 Å². The zero-order chi connectivity index (χ0) is 13.2. The lowest BCUT2D eigenvalue weighted by atomic mass is 9.88. The van der Waals surface area contributed by atoms with E-state index in [1.165, 1.54) is 24.1 Å². The third-order valence-corrected chi connectivity index (χ3v) is 4.45. The van der Waals surface area contributed by atoms with Crippen molar-refractivity contribution in [2.45, 2.75) is 52.1 Å². The van der Waals surface area contributed by atoms with Gasteiger partial charge in [0.2, 0.25) is 0 Å². The number of piperazine rings is 1. The molecule has 1 aliphatic heterocycles. The lowest BCUT2D eigenvalue weighted by Gasteiger charge is -2.48. The van der Waals surface area contributed by atoms with Crippen molar-refractivity contribution in [3.05, 3.63) is 24.0 Å². The molecule has 1 aromatic rings. The van der Waals surface area contributed by atoms with E-state index in [0.717, 1.165) is 13.1 Å². The van der Waals surface area contributed by atoms with Gasteiger partial charge in [0, 0.05) is 30.9 Å². The number of rotatable bonds is 3. The maximum absolute atomic E-state index is 4.29. The van der Waals surface area contributed by atoms with Crippen molar-refractivity contribution in [2.75, 3.05) is 18.0 Å². The van der Waals surface area contributed by atoms with Crippen LogP contribution in [0.2, 0.25) is 0 Å². The summed E-state index contributed by atoms with van der Waals surface area (Å²) < 4.78 is 0. The van der Waals surface area contributed by atoms with Crippen LogP contribution in [-0.2, 0) is 0 Å². The number of aryl methyl sites for hydroxylation is 1. The Balaban J connectivity index is 2.28. The van der Waals surface area contributed by atoms with Gasteiger partial charge in [0.1, 0.15) is 0 Å². The third-order valence-electron chi connectivity index (χ3n) is 4.45. The van der Waals surface area contributed by atoms with Gasteiger partial charge in [-0.25, -0.2) is 0 Å². The quantitative estimate of drug-likeness (QED) is 0.890. The van der Waals surface area contributed by atoms with Crippen molar-refractivity contribution in [1.29, 1.82) is 0 Å².